The summed E-state index contributed by atoms with van der Waals surface area (Å²) in [4.78, 5) is 16.5. The van der Waals surface area contributed by atoms with Crippen molar-refractivity contribution in [2.24, 2.45) is 0 Å². The minimum absolute atomic E-state index is 0.332. The SMILES string of the molecule is CCCOC(=O)c1ccc(-c2ccc(/C=C(/C#N)c3nc4ccccc4s3)o2)cc1. The number of furan rings is 1. The predicted octanol–water partition coefficient (Wildman–Crippen LogP) is 6.19. The predicted molar refractivity (Wildman–Crippen MR) is 118 cm³/mol. The number of esters is 1. The number of carbonyl (C=O) groups is 1. The molecule has 2 heterocycles. The number of hydrogen-bond acceptors (Lipinski definition) is 6. The number of thiazole rings is 1. The van der Waals surface area contributed by atoms with E-state index in [2.05, 4.69) is 11.1 Å². The van der Waals surface area contributed by atoms with Crippen LogP contribution in [-0.2, 0) is 4.74 Å². The molecule has 0 aliphatic carbocycles. The molecule has 4 rings (SSSR count). The van der Waals surface area contributed by atoms with Gasteiger partial charge in [0.15, 0.2) is 0 Å². The number of ether oxygens (including phenoxy) is 1. The summed E-state index contributed by atoms with van der Waals surface area (Å²) in [6, 6.07) is 20.7. The molecule has 0 aliphatic rings. The molecule has 2 aromatic heterocycles. The van der Waals surface area contributed by atoms with Crippen molar-refractivity contribution in [3.05, 3.63) is 77.0 Å². The Morgan fingerprint density at radius 1 is 1.17 bits per heavy atom. The van der Waals surface area contributed by atoms with E-state index >= 15 is 0 Å². The first-order chi connectivity index (χ1) is 14.7. The molecule has 30 heavy (non-hydrogen) atoms. The fourth-order valence-corrected chi connectivity index (χ4v) is 3.84. The van der Waals surface area contributed by atoms with Crippen LogP contribution in [0.15, 0.2) is 65.1 Å². The third-order valence-electron chi connectivity index (χ3n) is 4.40. The fourth-order valence-electron chi connectivity index (χ4n) is 2.91. The van der Waals surface area contributed by atoms with Crippen LogP contribution < -0.4 is 0 Å². The lowest BCUT2D eigenvalue weighted by Gasteiger charge is -2.03. The summed E-state index contributed by atoms with van der Waals surface area (Å²) >= 11 is 1.47. The van der Waals surface area contributed by atoms with E-state index in [0.717, 1.165) is 22.2 Å². The standard InChI is InChI=1S/C24H18N2O3S/c1-2-13-28-24(27)17-9-7-16(8-10-17)21-12-11-19(29-21)14-18(15-25)23-26-20-5-3-4-6-22(20)30-23/h3-12,14H,2,13H2,1H3/b18-14-. The summed E-state index contributed by atoms with van der Waals surface area (Å²) in [5.41, 5.74) is 2.66. The summed E-state index contributed by atoms with van der Waals surface area (Å²) in [5.74, 6) is 0.879. The van der Waals surface area contributed by atoms with Gasteiger partial charge in [-0.15, -0.1) is 11.3 Å². The molecule has 0 unspecified atom stereocenters. The number of carbonyl (C=O) groups excluding carboxylic acids is 1. The first-order valence-electron chi connectivity index (χ1n) is 9.53. The third-order valence-corrected chi connectivity index (χ3v) is 5.47. The number of para-hydroxylation sites is 1. The van der Waals surface area contributed by atoms with E-state index in [1.807, 2.05) is 55.5 Å². The number of hydrogen-bond donors (Lipinski definition) is 0. The number of nitriles is 1. The van der Waals surface area contributed by atoms with Gasteiger partial charge in [0.25, 0.3) is 0 Å². The second-order valence-electron chi connectivity index (χ2n) is 6.57. The van der Waals surface area contributed by atoms with Crippen molar-refractivity contribution >= 4 is 39.2 Å². The zero-order valence-corrected chi connectivity index (χ0v) is 17.1. The molecular weight excluding hydrogens is 396 g/mol. The maximum atomic E-state index is 11.9. The maximum absolute atomic E-state index is 11.9. The molecule has 4 aromatic rings. The highest BCUT2D eigenvalue weighted by molar-refractivity contribution is 7.19. The quantitative estimate of drug-likeness (QED) is 0.278. The highest BCUT2D eigenvalue weighted by Crippen LogP contribution is 2.29. The van der Waals surface area contributed by atoms with Gasteiger partial charge in [0.05, 0.1) is 28.0 Å². The van der Waals surface area contributed by atoms with Crippen LogP contribution in [0.2, 0.25) is 0 Å². The molecule has 6 heteroatoms. The maximum Gasteiger partial charge on any atom is 0.338 e. The lowest BCUT2D eigenvalue weighted by atomic mass is 10.1. The normalized spacial score (nSPS) is 11.4. The Balaban J connectivity index is 1.56. The van der Waals surface area contributed by atoms with Crippen molar-refractivity contribution in [3.63, 3.8) is 0 Å². The van der Waals surface area contributed by atoms with E-state index in [0.29, 0.717) is 34.3 Å². The van der Waals surface area contributed by atoms with Gasteiger partial charge in [-0.25, -0.2) is 9.78 Å². The van der Waals surface area contributed by atoms with Gasteiger partial charge in [0.1, 0.15) is 22.6 Å². The van der Waals surface area contributed by atoms with Crippen molar-refractivity contribution in [1.29, 1.82) is 5.26 Å². The average Bonchev–Trinajstić information content (AvgIpc) is 3.42. The number of allylic oxidation sites excluding steroid dienone is 1. The van der Waals surface area contributed by atoms with E-state index in [9.17, 15) is 10.1 Å². The van der Waals surface area contributed by atoms with Gasteiger partial charge < -0.3 is 9.15 Å². The lowest BCUT2D eigenvalue weighted by Crippen LogP contribution is -2.05. The van der Waals surface area contributed by atoms with Crippen LogP contribution in [0.3, 0.4) is 0 Å². The molecule has 5 nitrogen and oxygen atoms in total. The minimum Gasteiger partial charge on any atom is -0.462 e. The number of benzene rings is 2. The molecule has 0 atom stereocenters. The lowest BCUT2D eigenvalue weighted by molar-refractivity contribution is 0.0505. The van der Waals surface area contributed by atoms with Crippen LogP contribution in [0.1, 0.15) is 34.5 Å². The molecule has 0 saturated heterocycles. The molecule has 0 radical (unpaired) electrons. The van der Waals surface area contributed by atoms with E-state index in [1.54, 1.807) is 18.2 Å². The van der Waals surface area contributed by atoms with Crippen LogP contribution in [0.4, 0.5) is 0 Å². The Bertz CT molecular complexity index is 1230. The van der Waals surface area contributed by atoms with E-state index in [4.69, 9.17) is 9.15 Å². The zero-order valence-electron chi connectivity index (χ0n) is 16.3. The van der Waals surface area contributed by atoms with Gasteiger partial charge in [-0.05, 0) is 42.8 Å². The molecule has 0 fully saturated rings. The number of rotatable bonds is 6. The molecule has 148 valence electrons. The van der Waals surface area contributed by atoms with Gasteiger partial charge in [-0.3, -0.25) is 0 Å². The summed E-state index contributed by atoms with van der Waals surface area (Å²) in [6.45, 7) is 2.36. The first-order valence-corrected chi connectivity index (χ1v) is 10.3. The van der Waals surface area contributed by atoms with Gasteiger partial charge in [-0.1, -0.05) is 31.2 Å². The number of nitrogens with zero attached hydrogens (tertiary/aromatic N) is 2. The molecule has 0 amide bonds. The molecule has 0 spiro atoms. The zero-order chi connectivity index (χ0) is 20.9. The fraction of sp³-hybridized carbons (Fsp3) is 0.125. The summed E-state index contributed by atoms with van der Waals surface area (Å²) in [6.07, 6.45) is 2.48. The molecule has 0 bridgehead atoms. The highest BCUT2D eigenvalue weighted by Gasteiger charge is 2.11. The molecule has 0 N–H and O–H groups in total. The minimum atomic E-state index is -0.332. The Labute approximate surface area is 177 Å². The molecule has 0 aliphatic heterocycles. The van der Waals surface area contributed by atoms with Gasteiger partial charge >= 0.3 is 5.97 Å². The second-order valence-corrected chi connectivity index (χ2v) is 7.60. The Kier molecular flexibility index (Phi) is 5.73. The molecular formula is C24H18N2O3S. The molecule has 0 saturated carbocycles. The van der Waals surface area contributed by atoms with Crippen LogP contribution >= 0.6 is 11.3 Å². The Morgan fingerprint density at radius 2 is 1.97 bits per heavy atom. The largest absolute Gasteiger partial charge is 0.462 e. The molecule has 2 aromatic carbocycles. The van der Waals surface area contributed by atoms with Crippen molar-refractivity contribution in [1.82, 2.24) is 4.98 Å². The Morgan fingerprint density at radius 3 is 2.70 bits per heavy atom. The summed E-state index contributed by atoms with van der Waals surface area (Å²) in [7, 11) is 0. The van der Waals surface area contributed by atoms with Crippen molar-refractivity contribution in [3.8, 4) is 17.4 Å². The summed E-state index contributed by atoms with van der Waals surface area (Å²) in [5, 5.41) is 10.3. The van der Waals surface area contributed by atoms with Crippen LogP contribution in [0, 0.1) is 11.3 Å². The van der Waals surface area contributed by atoms with Crippen molar-refractivity contribution in [2.75, 3.05) is 6.61 Å². The number of fused-ring (bicyclic) bond motifs is 1. The van der Waals surface area contributed by atoms with Crippen molar-refractivity contribution in [2.45, 2.75) is 13.3 Å². The topological polar surface area (TPSA) is 76.1 Å². The van der Waals surface area contributed by atoms with Crippen LogP contribution in [0.5, 0.6) is 0 Å². The van der Waals surface area contributed by atoms with E-state index in [1.165, 1.54) is 11.3 Å². The van der Waals surface area contributed by atoms with E-state index in [-0.39, 0.29) is 5.97 Å². The van der Waals surface area contributed by atoms with Gasteiger partial charge in [0.2, 0.25) is 0 Å². The van der Waals surface area contributed by atoms with Crippen LogP contribution in [0.25, 0.3) is 33.2 Å². The average molecular weight is 414 g/mol. The van der Waals surface area contributed by atoms with Crippen LogP contribution in [-0.4, -0.2) is 17.6 Å². The monoisotopic (exact) mass is 414 g/mol. The smallest absolute Gasteiger partial charge is 0.338 e. The Hall–Kier alpha value is -3.69. The van der Waals surface area contributed by atoms with E-state index < -0.39 is 0 Å². The van der Waals surface area contributed by atoms with Gasteiger partial charge in [0, 0.05) is 11.6 Å². The first kappa shape index (κ1) is 19.6. The summed E-state index contributed by atoms with van der Waals surface area (Å²) < 4.78 is 12.1. The second kappa shape index (κ2) is 8.76. The third kappa shape index (κ3) is 4.17. The number of aromatic nitrogens is 1. The van der Waals surface area contributed by atoms with Gasteiger partial charge in [-0.2, -0.15) is 5.26 Å². The van der Waals surface area contributed by atoms with Crippen molar-refractivity contribution < 1.29 is 13.9 Å². The highest BCUT2D eigenvalue weighted by atomic mass is 32.1.